The monoisotopic (exact) mass is 408 g/mol. The Hall–Kier alpha value is -3.39. The van der Waals surface area contributed by atoms with Gasteiger partial charge < -0.3 is 24.4 Å². The van der Waals surface area contributed by atoms with Crippen LogP contribution in [0.15, 0.2) is 54.6 Å². The number of ether oxygens (including phenoxy) is 3. The minimum atomic E-state index is -0.845. The van der Waals surface area contributed by atoms with E-state index in [2.05, 4.69) is 5.32 Å². The molecule has 2 aromatic carbocycles. The zero-order valence-electron chi connectivity index (χ0n) is 15.7. The van der Waals surface area contributed by atoms with Crippen LogP contribution >= 0.6 is 0 Å². The van der Waals surface area contributed by atoms with Gasteiger partial charge in [0.2, 0.25) is 18.6 Å². The molecule has 152 valence electrons. The van der Waals surface area contributed by atoms with Gasteiger partial charge in [-0.2, -0.15) is 0 Å². The first-order valence-corrected chi connectivity index (χ1v) is 9.69. The maximum atomic E-state index is 13.5. The summed E-state index contributed by atoms with van der Waals surface area (Å²) in [4.78, 5) is 28.1. The second kappa shape index (κ2) is 6.06. The molecule has 4 atom stereocenters. The van der Waals surface area contributed by atoms with Crippen LogP contribution in [0.1, 0.15) is 0 Å². The van der Waals surface area contributed by atoms with Crippen molar-refractivity contribution < 1.29 is 28.2 Å². The van der Waals surface area contributed by atoms with Crippen LogP contribution in [0, 0.1) is 17.7 Å². The molecular weight excluding hydrogens is 391 g/mol. The van der Waals surface area contributed by atoms with Gasteiger partial charge in [-0.05, 0) is 30.3 Å². The normalized spacial score (nSPS) is 30.1. The average molecular weight is 408 g/mol. The zero-order chi connectivity index (χ0) is 20.5. The van der Waals surface area contributed by atoms with E-state index in [-0.39, 0.29) is 18.6 Å². The maximum Gasteiger partial charge on any atom is 0.234 e. The molecular formula is C22H17FN2O5. The number of benzene rings is 2. The summed E-state index contributed by atoms with van der Waals surface area (Å²) in [5.41, 5.74) is 0.166. The van der Waals surface area contributed by atoms with E-state index < -0.39 is 29.4 Å². The van der Waals surface area contributed by atoms with Crippen LogP contribution in [0.2, 0.25) is 0 Å². The molecule has 4 aliphatic rings. The van der Waals surface area contributed by atoms with Crippen molar-refractivity contribution in [2.75, 3.05) is 23.6 Å². The Morgan fingerprint density at radius 2 is 2.03 bits per heavy atom. The molecule has 0 radical (unpaired) electrons. The van der Waals surface area contributed by atoms with E-state index in [9.17, 15) is 14.0 Å². The van der Waals surface area contributed by atoms with Gasteiger partial charge in [0.05, 0.1) is 24.5 Å². The lowest BCUT2D eigenvalue weighted by atomic mass is 9.77. The lowest BCUT2D eigenvalue weighted by molar-refractivity contribution is -0.128. The van der Waals surface area contributed by atoms with E-state index in [0.29, 0.717) is 29.4 Å². The number of rotatable bonds is 3. The first-order valence-electron chi connectivity index (χ1n) is 9.69. The van der Waals surface area contributed by atoms with E-state index in [0.717, 1.165) is 0 Å². The van der Waals surface area contributed by atoms with Crippen molar-refractivity contribution in [1.82, 2.24) is 0 Å². The number of amides is 2. The Bertz CT molecular complexity index is 1120. The van der Waals surface area contributed by atoms with Crippen LogP contribution in [0.25, 0.3) is 0 Å². The number of nitrogens with one attached hydrogen (secondary N) is 1. The molecule has 1 spiro atoms. The van der Waals surface area contributed by atoms with Gasteiger partial charge in [0, 0.05) is 17.4 Å². The summed E-state index contributed by atoms with van der Waals surface area (Å²) in [5.74, 6) is -1.11. The highest BCUT2D eigenvalue weighted by Crippen LogP contribution is 2.53. The average Bonchev–Trinajstić information content (AvgIpc) is 3.48. The van der Waals surface area contributed by atoms with Crippen LogP contribution < -0.4 is 19.7 Å². The molecule has 0 aliphatic carbocycles. The van der Waals surface area contributed by atoms with Crippen LogP contribution in [0.3, 0.4) is 0 Å². The van der Waals surface area contributed by atoms with Crippen LogP contribution in [0.4, 0.5) is 15.8 Å². The molecule has 2 fully saturated rings. The number of carbonyl (C=O) groups is 2. The Morgan fingerprint density at radius 3 is 2.90 bits per heavy atom. The quantitative estimate of drug-likeness (QED) is 0.790. The number of halogens is 1. The van der Waals surface area contributed by atoms with Gasteiger partial charge in [-0.1, -0.05) is 18.2 Å². The maximum absolute atomic E-state index is 13.5. The summed E-state index contributed by atoms with van der Waals surface area (Å²) < 4.78 is 30.4. The zero-order valence-corrected chi connectivity index (χ0v) is 15.7. The Morgan fingerprint density at radius 1 is 1.17 bits per heavy atom. The van der Waals surface area contributed by atoms with Gasteiger partial charge in [0.25, 0.3) is 0 Å². The predicted molar refractivity (Wildman–Crippen MR) is 104 cm³/mol. The Balaban J connectivity index is 1.30. The number of anilines is 2. The molecule has 0 unspecified atom stereocenters. The van der Waals surface area contributed by atoms with E-state index in [1.54, 1.807) is 29.2 Å². The second-order valence-electron chi connectivity index (χ2n) is 7.86. The lowest BCUT2D eigenvalue weighted by Gasteiger charge is -2.23. The highest BCUT2D eigenvalue weighted by atomic mass is 19.1. The van der Waals surface area contributed by atoms with Crippen molar-refractivity contribution in [2.45, 2.75) is 11.7 Å². The molecule has 30 heavy (non-hydrogen) atoms. The van der Waals surface area contributed by atoms with Crippen LogP contribution in [0.5, 0.6) is 11.5 Å². The third-order valence-corrected chi connectivity index (χ3v) is 6.16. The van der Waals surface area contributed by atoms with E-state index >= 15 is 0 Å². The molecule has 0 aromatic heterocycles. The molecule has 2 amide bonds. The largest absolute Gasteiger partial charge is 0.454 e. The summed E-state index contributed by atoms with van der Waals surface area (Å²) in [5, 5.41) is 2.73. The summed E-state index contributed by atoms with van der Waals surface area (Å²) in [6.07, 6.45) is 3.24. The number of nitrogens with zero attached hydrogens (tertiary/aromatic N) is 1. The number of hydrogen-bond acceptors (Lipinski definition) is 5. The first-order chi connectivity index (χ1) is 14.5. The molecule has 2 bridgehead atoms. The van der Waals surface area contributed by atoms with Crippen molar-refractivity contribution in [3.63, 3.8) is 0 Å². The van der Waals surface area contributed by atoms with Crippen molar-refractivity contribution in [3.05, 3.63) is 60.4 Å². The molecule has 0 saturated carbocycles. The topological polar surface area (TPSA) is 77.1 Å². The van der Waals surface area contributed by atoms with Crippen molar-refractivity contribution >= 4 is 23.2 Å². The van der Waals surface area contributed by atoms with Crippen LogP contribution in [-0.4, -0.2) is 36.9 Å². The fourth-order valence-corrected chi connectivity index (χ4v) is 4.86. The second-order valence-corrected chi connectivity index (χ2v) is 7.86. The van der Waals surface area contributed by atoms with Gasteiger partial charge in [-0.3, -0.25) is 9.59 Å². The fraction of sp³-hybridized carbons (Fsp3) is 0.273. The smallest absolute Gasteiger partial charge is 0.234 e. The predicted octanol–water partition coefficient (Wildman–Crippen LogP) is 2.48. The van der Waals surface area contributed by atoms with Crippen molar-refractivity contribution in [1.29, 1.82) is 0 Å². The van der Waals surface area contributed by atoms with E-state index in [1.807, 2.05) is 12.2 Å². The van der Waals surface area contributed by atoms with Gasteiger partial charge in [-0.15, -0.1) is 0 Å². The lowest BCUT2D eigenvalue weighted by Crippen LogP contribution is -2.41. The van der Waals surface area contributed by atoms with Gasteiger partial charge in [-0.25, -0.2) is 4.39 Å². The molecule has 8 heteroatoms. The molecule has 7 nitrogen and oxygen atoms in total. The molecule has 2 saturated heterocycles. The molecule has 6 rings (SSSR count). The fourth-order valence-electron chi connectivity index (χ4n) is 4.86. The van der Waals surface area contributed by atoms with Crippen LogP contribution in [-0.2, 0) is 14.3 Å². The summed E-state index contributed by atoms with van der Waals surface area (Å²) >= 11 is 0. The summed E-state index contributed by atoms with van der Waals surface area (Å²) in [6, 6.07) is 11.0. The summed E-state index contributed by atoms with van der Waals surface area (Å²) in [7, 11) is 0. The Labute approximate surface area is 171 Å². The highest BCUT2D eigenvalue weighted by Gasteiger charge is 2.67. The van der Waals surface area contributed by atoms with Gasteiger partial charge >= 0.3 is 0 Å². The first kappa shape index (κ1) is 17.5. The van der Waals surface area contributed by atoms with Gasteiger partial charge in [0.1, 0.15) is 11.4 Å². The third kappa shape index (κ3) is 2.40. The van der Waals surface area contributed by atoms with Crippen molar-refractivity contribution in [3.8, 4) is 11.5 Å². The number of carbonyl (C=O) groups excluding carboxylic acids is 2. The Kier molecular flexibility index (Phi) is 3.53. The van der Waals surface area contributed by atoms with Gasteiger partial charge in [0.15, 0.2) is 11.5 Å². The molecule has 2 aromatic rings. The highest BCUT2D eigenvalue weighted by molar-refractivity contribution is 6.05. The van der Waals surface area contributed by atoms with Crippen molar-refractivity contribution in [2.24, 2.45) is 11.8 Å². The molecule has 1 N–H and O–H groups in total. The minimum Gasteiger partial charge on any atom is -0.454 e. The number of fused-ring (bicyclic) bond motifs is 2. The SMILES string of the molecule is O=C(Nc1cccc(F)c1)[C@@H]1[C@H]2C=C[C@@]3(CN(c4ccc5c(c4)OCO5)C(=O)[C@@H]13)O2. The molecule has 4 aliphatic heterocycles. The standard InChI is InChI=1S/C22H17FN2O5/c23-12-2-1-3-13(8-12)24-20(26)18-16-6-7-22(30-16)10-25(21(27)19(18)22)14-4-5-15-17(9-14)29-11-28-15/h1-9,16,18-19H,10-11H2,(H,24,26)/t16-,18-,19-,22+/m1/s1. The van der Waals surface area contributed by atoms with E-state index in [1.165, 1.54) is 18.2 Å². The summed E-state index contributed by atoms with van der Waals surface area (Å²) in [6.45, 7) is 0.460. The third-order valence-electron chi connectivity index (χ3n) is 6.16. The minimum absolute atomic E-state index is 0.148. The van der Waals surface area contributed by atoms with E-state index in [4.69, 9.17) is 14.2 Å². The molecule has 4 heterocycles. The number of hydrogen-bond donors (Lipinski definition) is 1.